The van der Waals surface area contributed by atoms with Gasteiger partial charge in [0.05, 0.1) is 6.33 Å². The van der Waals surface area contributed by atoms with E-state index < -0.39 is 11.5 Å². The first-order valence-corrected chi connectivity index (χ1v) is 4.94. The van der Waals surface area contributed by atoms with Crippen molar-refractivity contribution in [1.82, 2.24) is 9.97 Å². The van der Waals surface area contributed by atoms with Crippen molar-refractivity contribution in [3.8, 4) is 5.06 Å². The molecule has 15 heavy (non-hydrogen) atoms. The average Bonchev–Trinajstić information content (AvgIpc) is 2.71. The number of rotatable bonds is 2. The van der Waals surface area contributed by atoms with Crippen molar-refractivity contribution in [2.24, 2.45) is 0 Å². The van der Waals surface area contributed by atoms with Crippen molar-refractivity contribution < 1.29 is 9.53 Å². The molecule has 0 radical (unpaired) electrons. The Morgan fingerprint density at radius 2 is 2.40 bits per heavy atom. The summed E-state index contributed by atoms with van der Waals surface area (Å²) < 4.78 is 4.94. The number of thiophene rings is 1. The molecule has 0 amide bonds. The van der Waals surface area contributed by atoms with Gasteiger partial charge in [0.2, 0.25) is 0 Å². The molecule has 0 unspecified atom stereocenters. The van der Waals surface area contributed by atoms with Crippen molar-refractivity contribution >= 4 is 17.3 Å². The second-order valence-electron chi connectivity index (χ2n) is 2.62. The highest BCUT2D eigenvalue weighted by Gasteiger charge is 2.13. The van der Waals surface area contributed by atoms with E-state index in [2.05, 4.69) is 9.97 Å². The van der Waals surface area contributed by atoms with Crippen LogP contribution < -0.4 is 10.3 Å². The third kappa shape index (κ3) is 2.10. The van der Waals surface area contributed by atoms with Gasteiger partial charge in [-0.3, -0.25) is 4.79 Å². The minimum Gasteiger partial charge on any atom is -0.412 e. The van der Waals surface area contributed by atoms with Crippen LogP contribution in [0.3, 0.4) is 0 Å². The lowest BCUT2D eigenvalue weighted by molar-refractivity contribution is 0.0738. The number of H-pyrrole nitrogens is 1. The number of esters is 1. The van der Waals surface area contributed by atoms with Crippen molar-refractivity contribution in [3.05, 3.63) is 46.0 Å². The molecule has 0 fully saturated rings. The topological polar surface area (TPSA) is 72.0 Å². The monoisotopic (exact) mass is 222 g/mol. The molecule has 0 aliphatic carbocycles. The van der Waals surface area contributed by atoms with E-state index in [1.54, 1.807) is 17.5 Å². The standard InChI is InChI=1S/C9H6N2O3S/c12-8-6(4-10-5-11-8)9(13)14-7-2-1-3-15-7/h1-5H,(H,10,11,12). The van der Waals surface area contributed by atoms with E-state index >= 15 is 0 Å². The van der Waals surface area contributed by atoms with Crippen molar-refractivity contribution in [2.75, 3.05) is 0 Å². The van der Waals surface area contributed by atoms with Gasteiger partial charge in [0.1, 0.15) is 5.56 Å². The number of ether oxygens (including phenoxy) is 1. The first kappa shape index (κ1) is 9.60. The maximum absolute atomic E-state index is 11.5. The number of nitrogens with zero attached hydrogens (tertiary/aromatic N) is 1. The zero-order valence-corrected chi connectivity index (χ0v) is 8.28. The Morgan fingerprint density at radius 3 is 3.07 bits per heavy atom. The first-order valence-electron chi connectivity index (χ1n) is 4.06. The normalized spacial score (nSPS) is 9.87. The molecule has 0 aliphatic rings. The van der Waals surface area contributed by atoms with Crippen LogP contribution in [0.1, 0.15) is 10.4 Å². The Balaban J connectivity index is 2.23. The number of hydrogen-bond acceptors (Lipinski definition) is 5. The van der Waals surface area contributed by atoms with Crippen LogP contribution >= 0.6 is 11.3 Å². The fourth-order valence-electron chi connectivity index (χ4n) is 0.957. The third-order valence-electron chi connectivity index (χ3n) is 1.63. The van der Waals surface area contributed by atoms with Crippen LogP contribution in [0.2, 0.25) is 0 Å². The third-order valence-corrected chi connectivity index (χ3v) is 2.37. The molecule has 0 atom stereocenters. The minimum atomic E-state index is -0.702. The highest BCUT2D eigenvalue weighted by atomic mass is 32.1. The Labute approximate surface area is 88.4 Å². The lowest BCUT2D eigenvalue weighted by Gasteiger charge is -1.98. The average molecular weight is 222 g/mol. The molecule has 2 aromatic rings. The van der Waals surface area contributed by atoms with E-state index in [9.17, 15) is 9.59 Å². The van der Waals surface area contributed by atoms with Gasteiger partial charge in [0, 0.05) is 6.20 Å². The highest BCUT2D eigenvalue weighted by Crippen LogP contribution is 2.18. The number of aromatic amines is 1. The van der Waals surface area contributed by atoms with E-state index in [0.29, 0.717) is 5.06 Å². The van der Waals surface area contributed by atoms with Crippen LogP contribution in [0.4, 0.5) is 0 Å². The summed E-state index contributed by atoms with van der Waals surface area (Å²) in [6, 6.07) is 3.40. The molecule has 0 spiro atoms. The summed E-state index contributed by atoms with van der Waals surface area (Å²) in [6.45, 7) is 0. The quantitative estimate of drug-likeness (QED) is 0.771. The molecule has 0 aliphatic heterocycles. The Kier molecular flexibility index (Phi) is 2.59. The van der Waals surface area contributed by atoms with Crippen LogP contribution in [-0.4, -0.2) is 15.9 Å². The number of hydrogen-bond donors (Lipinski definition) is 1. The first-order chi connectivity index (χ1) is 7.27. The molecule has 0 aromatic carbocycles. The summed E-state index contributed by atoms with van der Waals surface area (Å²) in [6.07, 6.45) is 2.39. The van der Waals surface area contributed by atoms with Gasteiger partial charge in [-0.25, -0.2) is 9.78 Å². The lowest BCUT2D eigenvalue weighted by Crippen LogP contribution is -2.21. The predicted octanol–water partition coefficient (Wildman–Crippen LogP) is 1.05. The van der Waals surface area contributed by atoms with E-state index in [4.69, 9.17) is 4.74 Å². The largest absolute Gasteiger partial charge is 0.412 e. The number of carbonyl (C=O) groups is 1. The van der Waals surface area contributed by atoms with Gasteiger partial charge in [0.15, 0.2) is 5.06 Å². The molecule has 76 valence electrons. The lowest BCUT2D eigenvalue weighted by atomic mass is 10.3. The summed E-state index contributed by atoms with van der Waals surface area (Å²) in [5.41, 5.74) is -0.613. The van der Waals surface area contributed by atoms with Crippen LogP contribution in [0.5, 0.6) is 5.06 Å². The molecule has 0 saturated carbocycles. The summed E-state index contributed by atoms with van der Waals surface area (Å²) in [4.78, 5) is 28.6. The number of carbonyl (C=O) groups excluding carboxylic acids is 1. The van der Waals surface area contributed by atoms with Gasteiger partial charge in [-0.15, -0.1) is 11.3 Å². The summed E-state index contributed by atoms with van der Waals surface area (Å²) in [5, 5.41) is 2.22. The van der Waals surface area contributed by atoms with E-state index in [0.717, 1.165) is 0 Å². The maximum Gasteiger partial charge on any atom is 0.351 e. The Morgan fingerprint density at radius 1 is 1.53 bits per heavy atom. The summed E-state index contributed by atoms with van der Waals surface area (Å²) in [7, 11) is 0. The van der Waals surface area contributed by atoms with E-state index in [-0.39, 0.29) is 5.56 Å². The van der Waals surface area contributed by atoms with E-state index in [1.165, 1.54) is 23.9 Å². The van der Waals surface area contributed by atoms with Gasteiger partial charge in [-0.2, -0.15) is 0 Å². The highest BCUT2D eigenvalue weighted by molar-refractivity contribution is 7.11. The molecule has 1 N–H and O–H groups in total. The molecule has 5 nitrogen and oxygen atoms in total. The molecule has 2 heterocycles. The van der Waals surface area contributed by atoms with Crippen LogP contribution in [0.25, 0.3) is 0 Å². The SMILES string of the molecule is O=C(Oc1cccs1)c1cnc[nH]c1=O. The van der Waals surface area contributed by atoms with Crippen LogP contribution in [-0.2, 0) is 0 Å². The molecule has 2 aromatic heterocycles. The minimum absolute atomic E-state index is 0.106. The second kappa shape index (κ2) is 4.05. The molecule has 0 saturated heterocycles. The van der Waals surface area contributed by atoms with Gasteiger partial charge >= 0.3 is 5.97 Å². The molecule has 0 bridgehead atoms. The number of aromatic nitrogens is 2. The fraction of sp³-hybridized carbons (Fsp3) is 0. The summed E-state index contributed by atoms with van der Waals surface area (Å²) in [5.74, 6) is -0.702. The van der Waals surface area contributed by atoms with Crippen molar-refractivity contribution in [2.45, 2.75) is 0 Å². The molecule has 6 heteroatoms. The summed E-state index contributed by atoms with van der Waals surface area (Å²) >= 11 is 1.28. The smallest absolute Gasteiger partial charge is 0.351 e. The Bertz CT molecular complexity index is 518. The van der Waals surface area contributed by atoms with Crippen molar-refractivity contribution in [3.63, 3.8) is 0 Å². The fourth-order valence-corrected chi connectivity index (χ4v) is 1.53. The molecule has 2 rings (SSSR count). The van der Waals surface area contributed by atoms with Gasteiger partial charge < -0.3 is 9.72 Å². The van der Waals surface area contributed by atoms with Crippen LogP contribution in [0, 0.1) is 0 Å². The van der Waals surface area contributed by atoms with Gasteiger partial charge in [0.25, 0.3) is 5.56 Å². The Hall–Kier alpha value is -1.95. The second-order valence-corrected chi connectivity index (χ2v) is 3.53. The van der Waals surface area contributed by atoms with Gasteiger partial charge in [-0.05, 0) is 17.5 Å². The van der Waals surface area contributed by atoms with Gasteiger partial charge in [-0.1, -0.05) is 0 Å². The molecular weight excluding hydrogens is 216 g/mol. The predicted molar refractivity (Wildman–Crippen MR) is 54.1 cm³/mol. The zero-order chi connectivity index (χ0) is 10.7. The maximum atomic E-state index is 11.5. The zero-order valence-electron chi connectivity index (χ0n) is 7.47. The van der Waals surface area contributed by atoms with E-state index in [1.807, 2.05) is 0 Å². The molecular formula is C9H6N2O3S. The van der Waals surface area contributed by atoms with Crippen LogP contribution in [0.15, 0.2) is 34.8 Å². The van der Waals surface area contributed by atoms with Crippen molar-refractivity contribution in [1.29, 1.82) is 0 Å². The number of nitrogens with one attached hydrogen (secondary N) is 1.